The van der Waals surface area contributed by atoms with E-state index in [1.807, 2.05) is 0 Å². The molecular formula is C4H12N2O2S. The molecule has 1 atom stereocenters. The molecule has 0 saturated carbocycles. The standard InChI is InChI=1S/C4H12N2O2S/c5-6-4-1-2-9(7,8)3-4/h4,6-8H,1-3,5H2/t4-/m0/s1. The fourth-order valence-corrected chi connectivity index (χ4v) is 2.69. The summed E-state index contributed by atoms with van der Waals surface area (Å²) in [7, 11) is -2.25. The van der Waals surface area contributed by atoms with Crippen LogP contribution < -0.4 is 11.3 Å². The van der Waals surface area contributed by atoms with Crippen LogP contribution in [0.3, 0.4) is 0 Å². The van der Waals surface area contributed by atoms with E-state index in [1.54, 1.807) is 0 Å². The van der Waals surface area contributed by atoms with Crippen molar-refractivity contribution in [2.45, 2.75) is 12.5 Å². The summed E-state index contributed by atoms with van der Waals surface area (Å²) >= 11 is 0. The first-order valence-corrected chi connectivity index (χ1v) is 4.72. The zero-order chi connectivity index (χ0) is 6.91. The number of hydrogen-bond acceptors (Lipinski definition) is 4. The number of nitrogens with one attached hydrogen (secondary N) is 1. The van der Waals surface area contributed by atoms with E-state index in [2.05, 4.69) is 5.43 Å². The molecule has 0 spiro atoms. The van der Waals surface area contributed by atoms with Gasteiger partial charge in [0.05, 0.1) is 5.75 Å². The van der Waals surface area contributed by atoms with E-state index in [0.717, 1.165) is 6.42 Å². The molecule has 1 aliphatic heterocycles. The number of hydrazine groups is 1. The second-order valence-corrected chi connectivity index (χ2v) is 4.67. The Kier molecular flexibility index (Phi) is 1.97. The van der Waals surface area contributed by atoms with Crippen molar-refractivity contribution < 1.29 is 9.11 Å². The van der Waals surface area contributed by atoms with Gasteiger partial charge in [0, 0.05) is 11.8 Å². The second-order valence-electron chi connectivity index (χ2n) is 2.33. The lowest BCUT2D eigenvalue weighted by atomic mass is 10.3. The van der Waals surface area contributed by atoms with Gasteiger partial charge in [0.1, 0.15) is 0 Å². The Labute approximate surface area is 55.8 Å². The zero-order valence-electron chi connectivity index (χ0n) is 5.08. The minimum absolute atomic E-state index is 0.106. The van der Waals surface area contributed by atoms with Crippen molar-refractivity contribution in [3.63, 3.8) is 0 Å². The van der Waals surface area contributed by atoms with Crippen LogP contribution in [0.2, 0.25) is 0 Å². The normalized spacial score (nSPS) is 36.6. The molecule has 1 saturated heterocycles. The molecule has 0 aromatic rings. The molecule has 0 aromatic heterocycles. The van der Waals surface area contributed by atoms with Gasteiger partial charge in [0.2, 0.25) is 0 Å². The van der Waals surface area contributed by atoms with E-state index in [4.69, 9.17) is 14.9 Å². The van der Waals surface area contributed by atoms with E-state index in [9.17, 15) is 0 Å². The third kappa shape index (κ3) is 1.80. The van der Waals surface area contributed by atoms with E-state index < -0.39 is 10.6 Å². The van der Waals surface area contributed by atoms with Crippen molar-refractivity contribution in [3.05, 3.63) is 0 Å². The lowest BCUT2D eigenvalue weighted by molar-refractivity contribution is 0.492. The smallest absolute Gasteiger partial charge is 0.0542 e. The quantitative estimate of drug-likeness (QED) is 0.314. The summed E-state index contributed by atoms with van der Waals surface area (Å²) < 4.78 is 18.1. The predicted octanol–water partition coefficient (Wildman–Crippen LogP) is -0.0274. The van der Waals surface area contributed by atoms with Crippen molar-refractivity contribution in [3.8, 4) is 0 Å². The highest BCUT2D eigenvalue weighted by molar-refractivity contribution is 8.24. The maximum Gasteiger partial charge on any atom is 0.0542 e. The third-order valence-corrected chi connectivity index (χ3v) is 3.32. The lowest BCUT2D eigenvalue weighted by Crippen LogP contribution is -2.35. The van der Waals surface area contributed by atoms with E-state index in [0.29, 0.717) is 11.5 Å². The molecule has 0 amide bonds. The van der Waals surface area contributed by atoms with Gasteiger partial charge in [-0.3, -0.25) is 20.4 Å². The fraction of sp³-hybridized carbons (Fsp3) is 1.00. The summed E-state index contributed by atoms with van der Waals surface area (Å²) in [6.45, 7) is 0. The van der Waals surface area contributed by atoms with Crippen LogP contribution in [0.5, 0.6) is 0 Å². The molecule has 9 heavy (non-hydrogen) atoms. The molecule has 4 nitrogen and oxygen atoms in total. The van der Waals surface area contributed by atoms with Crippen molar-refractivity contribution in [1.29, 1.82) is 0 Å². The Bertz CT molecular complexity index is 109. The molecule has 0 bridgehead atoms. The van der Waals surface area contributed by atoms with Gasteiger partial charge in [-0.05, 0) is 6.42 Å². The first-order valence-electron chi connectivity index (χ1n) is 2.84. The van der Waals surface area contributed by atoms with Crippen LogP contribution in [0, 0.1) is 0 Å². The Morgan fingerprint density at radius 3 is 2.44 bits per heavy atom. The topological polar surface area (TPSA) is 78.5 Å². The number of nitrogens with two attached hydrogens (primary N) is 1. The Morgan fingerprint density at radius 1 is 1.56 bits per heavy atom. The molecule has 0 aliphatic carbocycles. The Hall–Kier alpha value is 0.190. The number of rotatable bonds is 1. The second kappa shape index (κ2) is 2.43. The minimum atomic E-state index is -2.25. The molecule has 0 unspecified atom stereocenters. The van der Waals surface area contributed by atoms with Crippen molar-refractivity contribution in [2.24, 2.45) is 5.84 Å². The van der Waals surface area contributed by atoms with Crippen LogP contribution in [-0.2, 0) is 0 Å². The molecule has 56 valence electrons. The average molecular weight is 152 g/mol. The summed E-state index contributed by atoms with van der Waals surface area (Å²) in [5.74, 6) is 6.02. The van der Waals surface area contributed by atoms with E-state index in [1.165, 1.54) is 0 Å². The SMILES string of the molecule is NN[C@H]1CCS(O)(O)C1. The van der Waals surface area contributed by atoms with Crippen LogP contribution in [0.1, 0.15) is 6.42 Å². The Balaban J connectivity index is 2.38. The van der Waals surface area contributed by atoms with Crippen LogP contribution in [0.25, 0.3) is 0 Å². The lowest BCUT2D eigenvalue weighted by Gasteiger charge is -2.25. The van der Waals surface area contributed by atoms with Crippen LogP contribution in [-0.4, -0.2) is 26.7 Å². The predicted molar refractivity (Wildman–Crippen MR) is 38.3 cm³/mol. The molecule has 5 heteroatoms. The van der Waals surface area contributed by atoms with Gasteiger partial charge < -0.3 is 0 Å². The monoisotopic (exact) mass is 152 g/mol. The van der Waals surface area contributed by atoms with Crippen molar-refractivity contribution in [2.75, 3.05) is 11.5 Å². The van der Waals surface area contributed by atoms with E-state index >= 15 is 0 Å². The summed E-state index contributed by atoms with van der Waals surface area (Å²) in [6.07, 6.45) is 0.777. The van der Waals surface area contributed by atoms with Gasteiger partial charge in [-0.2, -0.15) is 10.6 Å². The minimum Gasteiger partial charge on any atom is -0.299 e. The maximum atomic E-state index is 9.04. The highest BCUT2D eigenvalue weighted by Gasteiger charge is 2.26. The molecule has 0 aromatic carbocycles. The highest BCUT2D eigenvalue weighted by atomic mass is 32.3. The van der Waals surface area contributed by atoms with Crippen LogP contribution >= 0.6 is 10.6 Å². The number of hydrogen-bond donors (Lipinski definition) is 4. The summed E-state index contributed by atoms with van der Waals surface area (Å²) in [4.78, 5) is 0. The Morgan fingerprint density at radius 2 is 2.22 bits per heavy atom. The molecular weight excluding hydrogens is 140 g/mol. The molecule has 5 N–H and O–H groups in total. The van der Waals surface area contributed by atoms with Gasteiger partial charge in [-0.1, -0.05) is 0 Å². The van der Waals surface area contributed by atoms with Gasteiger partial charge in [-0.25, -0.2) is 0 Å². The van der Waals surface area contributed by atoms with Crippen molar-refractivity contribution >= 4 is 10.6 Å². The van der Waals surface area contributed by atoms with Crippen molar-refractivity contribution in [1.82, 2.24) is 5.43 Å². The van der Waals surface area contributed by atoms with Crippen LogP contribution in [0.4, 0.5) is 0 Å². The molecule has 1 aliphatic rings. The molecule has 1 rings (SSSR count). The average Bonchev–Trinajstić information content (AvgIpc) is 2.10. The van der Waals surface area contributed by atoms with Gasteiger partial charge in [-0.15, -0.1) is 0 Å². The summed E-state index contributed by atoms with van der Waals surface area (Å²) in [6, 6.07) is 0.106. The highest BCUT2D eigenvalue weighted by Crippen LogP contribution is 2.45. The summed E-state index contributed by atoms with van der Waals surface area (Å²) in [5.41, 5.74) is 2.52. The molecule has 1 fully saturated rings. The first-order chi connectivity index (χ1) is 4.14. The fourth-order valence-electron chi connectivity index (χ4n) is 0.951. The zero-order valence-corrected chi connectivity index (χ0v) is 5.90. The summed E-state index contributed by atoms with van der Waals surface area (Å²) in [5, 5.41) is 0. The van der Waals surface area contributed by atoms with Gasteiger partial charge >= 0.3 is 0 Å². The van der Waals surface area contributed by atoms with Gasteiger partial charge in [0.15, 0.2) is 0 Å². The molecule has 1 heterocycles. The van der Waals surface area contributed by atoms with Crippen LogP contribution in [0.15, 0.2) is 0 Å². The largest absolute Gasteiger partial charge is 0.299 e. The maximum absolute atomic E-state index is 9.04. The van der Waals surface area contributed by atoms with E-state index in [-0.39, 0.29) is 6.04 Å². The third-order valence-electron chi connectivity index (χ3n) is 1.50. The first kappa shape index (κ1) is 7.30. The van der Waals surface area contributed by atoms with Gasteiger partial charge in [0.25, 0.3) is 0 Å². The molecule has 0 radical (unpaired) electrons.